The maximum atomic E-state index is 10.4. The molecule has 1 heterocycles. The van der Waals surface area contributed by atoms with Crippen LogP contribution in [-0.4, -0.2) is 6.29 Å². The van der Waals surface area contributed by atoms with Crippen molar-refractivity contribution in [2.75, 3.05) is 0 Å². The third-order valence-electron chi connectivity index (χ3n) is 1.73. The van der Waals surface area contributed by atoms with Gasteiger partial charge in [0.25, 0.3) is 0 Å². The first kappa shape index (κ1) is 10.3. The third kappa shape index (κ3) is 2.64. The number of aldehydes is 1. The van der Waals surface area contributed by atoms with Crippen LogP contribution in [0.4, 0.5) is 0 Å². The molecule has 15 heavy (non-hydrogen) atoms. The van der Waals surface area contributed by atoms with Gasteiger partial charge in [-0.25, -0.2) is 0 Å². The molecule has 0 N–H and O–H groups in total. The van der Waals surface area contributed by atoms with Gasteiger partial charge in [-0.15, -0.1) is 0 Å². The average Bonchev–Trinajstić information content (AvgIpc) is 2.65. The van der Waals surface area contributed by atoms with Crippen LogP contribution in [0, 0.1) is 0 Å². The number of carbonyl (C=O) groups is 1. The molecule has 0 aliphatic carbocycles. The van der Waals surface area contributed by atoms with Gasteiger partial charge in [0.05, 0.1) is 0 Å². The number of halogens is 1. The predicted molar refractivity (Wildman–Crippen MR) is 59.7 cm³/mol. The van der Waals surface area contributed by atoms with Crippen molar-refractivity contribution in [2.24, 2.45) is 0 Å². The maximum Gasteiger partial charge on any atom is 0.185 e. The second-order valence-electron chi connectivity index (χ2n) is 2.83. The van der Waals surface area contributed by atoms with E-state index in [0.29, 0.717) is 22.2 Å². The van der Waals surface area contributed by atoms with E-state index in [9.17, 15) is 4.79 Å². The van der Waals surface area contributed by atoms with Gasteiger partial charge in [0.15, 0.2) is 17.1 Å². The molecule has 0 radical (unpaired) electrons. The Morgan fingerprint density at radius 2 is 2.13 bits per heavy atom. The van der Waals surface area contributed by atoms with Gasteiger partial charge in [0.2, 0.25) is 0 Å². The smallest absolute Gasteiger partial charge is 0.185 e. The van der Waals surface area contributed by atoms with Crippen molar-refractivity contribution in [2.45, 2.75) is 9.99 Å². The lowest BCUT2D eigenvalue weighted by Crippen LogP contribution is -1.71. The van der Waals surface area contributed by atoms with Gasteiger partial charge in [-0.2, -0.15) is 0 Å². The molecule has 0 fully saturated rings. The zero-order valence-corrected chi connectivity index (χ0v) is 9.22. The second-order valence-corrected chi connectivity index (χ2v) is 4.35. The quantitative estimate of drug-likeness (QED) is 0.760. The van der Waals surface area contributed by atoms with Crippen molar-refractivity contribution in [3.63, 3.8) is 0 Å². The number of hydrogen-bond donors (Lipinski definition) is 0. The third-order valence-corrected chi connectivity index (χ3v) is 2.88. The molecule has 0 aliphatic heterocycles. The van der Waals surface area contributed by atoms with Crippen LogP contribution < -0.4 is 0 Å². The number of rotatable bonds is 3. The van der Waals surface area contributed by atoms with Gasteiger partial charge in [0.1, 0.15) is 0 Å². The fraction of sp³-hybridized carbons (Fsp3) is 0. The Bertz CT molecular complexity index is 479. The summed E-state index contributed by atoms with van der Waals surface area (Å²) in [6.07, 6.45) is 0.683. The van der Waals surface area contributed by atoms with E-state index >= 15 is 0 Å². The molecule has 4 heteroatoms. The van der Waals surface area contributed by atoms with Crippen molar-refractivity contribution in [3.05, 3.63) is 47.2 Å². The van der Waals surface area contributed by atoms with Crippen molar-refractivity contribution >= 4 is 29.6 Å². The number of carbonyl (C=O) groups excluding carboxylic acids is 1. The Kier molecular flexibility index (Phi) is 3.14. The average molecular weight is 239 g/mol. The standard InChI is InChI=1S/C11H7ClO2S/c12-8-2-1-3-10(6-8)15-11-5-4-9(7-13)14-11/h1-7H. The molecule has 0 bridgehead atoms. The molecule has 2 rings (SSSR count). The molecule has 76 valence electrons. The minimum Gasteiger partial charge on any atom is -0.447 e. The molecular weight excluding hydrogens is 232 g/mol. The lowest BCUT2D eigenvalue weighted by molar-refractivity contribution is 0.109. The molecular formula is C11H7ClO2S. The van der Waals surface area contributed by atoms with Crippen LogP contribution in [0.3, 0.4) is 0 Å². The van der Waals surface area contributed by atoms with Crippen LogP contribution in [-0.2, 0) is 0 Å². The summed E-state index contributed by atoms with van der Waals surface area (Å²) in [5.74, 6) is 0.333. The maximum absolute atomic E-state index is 10.4. The molecule has 0 spiro atoms. The monoisotopic (exact) mass is 238 g/mol. The van der Waals surface area contributed by atoms with Crippen molar-refractivity contribution in [1.82, 2.24) is 0 Å². The minimum atomic E-state index is 0.333. The predicted octanol–water partition coefficient (Wildman–Crippen LogP) is 3.90. The van der Waals surface area contributed by atoms with E-state index in [2.05, 4.69) is 0 Å². The Balaban J connectivity index is 2.18. The first-order valence-corrected chi connectivity index (χ1v) is 5.46. The molecule has 1 aromatic heterocycles. The summed E-state index contributed by atoms with van der Waals surface area (Å²) < 4.78 is 5.23. The summed E-state index contributed by atoms with van der Waals surface area (Å²) in [7, 11) is 0. The Morgan fingerprint density at radius 3 is 2.80 bits per heavy atom. The van der Waals surface area contributed by atoms with E-state index in [1.165, 1.54) is 11.8 Å². The zero-order valence-electron chi connectivity index (χ0n) is 7.64. The van der Waals surface area contributed by atoms with Crippen LogP contribution >= 0.6 is 23.4 Å². The van der Waals surface area contributed by atoms with Gasteiger partial charge in [-0.3, -0.25) is 4.79 Å². The fourth-order valence-electron chi connectivity index (χ4n) is 1.10. The van der Waals surface area contributed by atoms with Gasteiger partial charge in [0, 0.05) is 9.92 Å². The highest BCUT2D eigenvalue weighted by Gasteiger charge is 2.03. The lowest BCUT2D eigenvalue weighted by Gasteiger charge is -1.97. The van der Waals surface area contributed by atoms with E-state index < -0.39 is 0 Å². The Hall–Kier alpha value is -1.19. The molecule has 0 unspecified atom stereocenters. The van der Waals surface area contributed by atoms with Crippen molar-refractivity contribution in [1.29, 1.82) is 0 Å². The van der Waals surface area contributed by atoms with Gasteiger partial charge < -0.3 is 4.42 Å². The van der Waals surface area contributed by atoms with Crippen molar-refractivity contribution in [3.8, 4) is 0 Å². The van der Waals surface area contributed by atoms with Crippen LogP contribution in [0.15, 0.2) is 50.8 Å². The van der Waals surface area contributed by atoms with Crippen LogP contribution in [0.25, 0.3) is 0 Å². The highest BCUT2D eigenvalue weighted by Crippen LogP contribution is 2.30. The summed E-state index contributed by atoms with van der Waals surface area (Å²) in [5, 5.41) is 1.36. The summed E-state index contributed by atoms with van der Waals surface area (Å²) in [4.78, 5) is 11.4. The van der Waals surface area contributed by atoms with Gasteiger partial charge >= 0.3 is 0 Å². The Labute approximate surface area is 96.2 Å². The first-order chi connectivity index (χ1) is 7.28. The molecule has 0 atom stereocenters. The summed E-state index contributed by atoms with van der Waals surface area (Å²) >= 11 is 7.27. The van der Waals surface area contributed by atoms with E-state index in [0.717, 1.165) is 4.90 Å². The minimum absolute atomic E-state index is 0.333. The number of hydrogen-bond acceptors (Lipinski definition) is 3. The summed E-state index contributed by atoms with van der Waals surface area (Å²) in [5.41, 5.74) is 0. The summed E-state index contributed by atoms with van der Waals surface area (Å²) in [6.45, 7) is 0. The molecule has 2 nitrogen and oxygen atoms in total. The topological polar surface area (TPSA) is 30.2 Å². The van der Waals surface area contributed by atoms with Gasteiger partial charge in [-0.1, -0.05) is 29.4 Å². The highest BCUT2D eigenvalue weighted by atomic mass is 35.5. The molecule has 0 aliphatic rings. The first-order valence-electron chi connectivity index (χ1n) is 4.26. The van der Waals surface area contributed by atoms with Crippen LogP contribution in [0.1, 0.15) is 10.6 Å². The SMILES string of the molecule is O=Cc1ccc(Sc2cccc(Cl)c2)o1. The highest BCUT2D eigenvalue weighted by molar-refractivity contribution is 7.99. The van der Waals surface area contributed by atoms with Crippen LogP contribution in [0.5, 0.6) is 0 Å². The van der Waals surface area contributed by atoms with Crippen LogP contribution in [0.2, 0.25) is 5.02 Å². The van der Waals surface area contributed by atoms with E-state index in [1.54, 1.807) is 12.1 Å². The molecule has 0 amide bonds. The normalized spacial score (nSPS) is 10.2. The largest absolute Gasteiger partial charge is 0.447 e. The van der Waals surface area contributed by atoms with Crippen molar-refractivity contribution < 1.29 is 9.21 Å². The Morgan fingerprint density at radius 1 is 1.27 bits per heavy atom. The van der Waals surface area contributed by atoms with E-state index in [1.807, 2.05) is 24.3 Å². The second kappa shape index (κ2) is 4.55. The zero-order chi connectivity index (χ0) is 10.7. The van der Waals surface area contributed by atoms with Gasteiger partial charge in [-0.05, 0) is 30.3 Å². The lowest BCUT2D eigenvalue weighted by atomic mass is 10.4. The summed E-state index contributed by atoms with van der Waals surface area (Å²) in [6, 6.07) is 10.9. The molecule has 1 aromatic carbocycles. The van der Waals surface area contributed by atoms with E-state index in [-0.39, 0.29) is 0 Å². The van der Waals surface area contributed by atoms with E-state index in [4.69, 9.17) is 16.0 Å². The number of benzene rings is 1. The molecule has 2 aromatic rings. The number of furan rings is 1. The molecule has 0 saturated heterocycles. The molecule has 0 saturated carbocycles. The fourth-order valence-corrected chi connectivity index (χ4v) is 2.19.